The van der Waals surface area contributed by atoms with Crippen molar-refractivity contribution in [3.8, 4) is 6.01 Å². The molecule has 0 bridgehead atoms. The van der Waals surface area contributed by atoms with Crippen LogP contribution in [0.2, 0.25) is 5.15 Å². The van der Waals surface area contributed by atoms with Gasteiger partial charge in [-0.25, -0.2) is 13.8 Å². The van der Waals surface area contributed by atoms with Crippen LogP contribution in [0.5, 0.6) is 6.01 Å². The van der Waals surface area contributed by atoms with Crippen molar-refractivity contribution in [3.05, 3.63) is 46.5 Å². The number of aromatic nitrogens is 5. The molecule has 39 heavy (non-hydrogen) atoms. The monoisotopic (exact) mass is 558 g/mol. The number of anilines is 1. The van der Waals surface area contributed by atoms with E-state index in [1.54, 1.807) is 20.2 Å². The van der Waals surface area contributed by atoms with Gasteiger partial charge in [0.1, 0.15) is 17.9 Å². The van der Waals surface area contributed by atoms with Crippen LogP contribution >= 0.6 is 11.6 Å². The zero-order chi connectivity index (χ0) is 27.3. The molecule has 0 N–H and O–H groups in total. The van der Waals surface area contributed by atoms with E-state index >= 15 is 4.39 Å². The van der Waals surface area contributed by atoms with Crippen LogP contribution in [0.25, 0.3) is 10.9 Å². The topological polar surface area (TPSA) is 92.5 Å². The van der Waals surface area contributed by atoms with E-state index in [1.165, 1.54) is 11.1 Å². The lowest BCUT2D eigenvalue weighted by Gasteiger charge is -2.31. The molecule has 1 atom stereocenters. The fraction of sp³-hybridized carbons (Fsp3) is 0.500. The zero-order valence-electron chi connectivity index (χ0n) is 21.8. The van der Waals surface area contributed by atoms with E-state index in [0.717, 1.165) is 37.1 Å². The molecule has 3 aromatic heterocycles. The molecular weight excluding hydrogens is 530 g/mol. The number of hydrogen-bond acceptors (Lipinski definition) is 8. The number of aryl methyl sites for hydroxylation is 1. The third-order valence-electron chi connectivity index (χ3n) is 7.86. The second kappa shape index (κ2) is 9.98. The summed E-state index contributed by atoms with van der Waals surface area (Å²) in [5.74, 6) is -0.459. The summed E-state index contributed by atoms with van der Waals surface area (Å²) in [6.45, 7) is 3.35. The van der Waals surface area contributed by atoms with Gasteiger partial charge < -0.3 is 14.5 Å². The maximum atomic E-state index is 15.2. The highest BCUT2D eigenvalue weighted by Crippen LogP contribution is 2.42. The van der Waals surface area contributed by atoms with Gasteiger partial charge in [-0.3, -0.25) is 14.4 Å². The zero-order valence-corrected chi connectivity index (χ0v) is 22.6. The molecule has 3 aliphatic heterocycles. The molecule has 3 aromatic rings. The molecule has 3 aliphatic rings. The van der Waals surface area contributed by atoms with Crippen molar-refractivity contribution in [2.75, 3.05) is 45.2 Å². The molecule has 0 aliphatic carbocycles. The molecule has 13 heteroatoms. The molecule has 206 valence electrons. The standard InChI is InChI=1S/C26H29ClF2N8O2/c1-34(2)24(38)19-9-17-14-35(6-4-8-37(17)33-19)23-18-12-30-22(27)20(29)21(18)31-25(32-23)39-15-26-5-3-7-36(26)13-16(10-26)11-28/h9,11-12H,3-8,10,13-15H2,1-2H3/b16-11-. The van der Waals surface area contributed by atoms with Crippen molar-refractivity contribution in [3.63, 3.8) is 0 Å². The summed E-state index contributed by atoms with van der Waals surface area (Å²) >= 11 is 6.02. The van der Waals surface area contributed by atoms with Gasteiger partial charge in [0.25, 0.3) is 5.91 Å². The Morgan fingerprint density at radius 1 is 1.23 bits per heavy atom. The molecule has 1 amide bonds. The molecule has 0 spiro atoms. The summed E-state index contributed by atoms with van der Waals surface area (Å²) < 4.78 is 36.5. The van der Waals surface area contributed by atoms with Crippen LogP contribution in [0, 0.1) is 5.82 Å². The summed E-state index contributed by atoms with van der Waals surface area (Å²) in [5, 5.41) is 4.62. The Morgan fingerprint density at radius 2 is 2.08 bits per heavy atom. The van der Waals surface area contributed by atoms with Gasteiger partial charge in [0.15, 0.2) is 16.7 Å². The van der Waals surface area contributed by atoms with Crippen molar-refractivity contribution in [2.24, 2.45) is 0 Å². The number of carbonyl (C=O) groups excluding carboxylic acids is 1. The van der Waals surface area contributed by atoms with E-state index in [4.69, 9.17) is 21.3 Å². The molecule has 0 saturated carbocycles. The Morgan fingerprint density at radius 3 is 2.87 bits per heavy atom. The number of fused-ring (bicyclic) bond motifs is 3. The van der Waals surface area contributed by atoms with Gasteiger partial charge in [-0.1, -0.05) is 11.6 Å². The summed E-state index contributed by atoms with van der Waals surface area (Å²) in [5.41, 5.74) is 1.65. The maximum Gasteiger partial charge on any atom is 0.319 e. The molecule has 0 aromatic carbocycles. The Labute approximate surface area is 229 Å². The lowest BCUT2D eigenvalue weighted by Crippen LogP contribution is -2.43. The second-order valence-corrected chi connectivity index (χ2v) is 11.0. The molecular formula is C26H29ClF2N8O2. The minimum absolute atomic E-state index is 0.0211. The fourth-order valence-electron chi connectivity index (χ4n) is 5.93. The van der Waals surface area contributed by atoms with Crippen molar-refractivity contribution < 1.29 is 18.3 Å². The molecule has 2 saturated heterocycles. The number of pyridine rings is 1. The van der Waals surface area contributed by atoms with E-state index in [2.05, 4.69) is 20.0 Å². The summed E-state index contributed by atoms with van der Waals surface area (Å²) in [7, 11) is 3.37. The Bertz CT molecular complexity index is 1480. The molecule has 10 nitrogen and oxygen atoms in total. The summed E-state index contributed by atoms with van der Waals surface area (Å²) in [6, 6.07) is 1.81. The normalized spacial score (nSPS) is 22.3. The summed E-state index contributed by atoms with van der Waals surface area (Å²) in [6.07, 6.45) is 5.35. The Balaban J connectivity index is 1.35. The first-order chi connectivity index (χ1) is 18.8. The molecule has 1 unspecified atom stereocenters. The highest BCUT2D eigenvalue weighted by molar-refractivity contribution is 6.30. The predicted molar refractivity (Wildman–Crippen MR) is 141 cm³/mol. The maximum absolute atomic E-state index is 15.2. The number of nitrogens with zero attached hydrogens (tertiary/aromatic N) is 8. The van der Waals surface area contributed by atoms with Crippen LogP contribution in [0.1, 0.15) is 41.9 Å². The van der Waals surface area contributed by atoms with Gasteiger partial charge in [-0.05, 0) is 43.9 Å². The Kier molecular flexibility index (Phi) is 6.62. The van der Waals surface area contributed by atoms with Crippen LogP contribution in [-0.2, 0) is 13.1 Å². The molecule has 6 rings (SSSR count). The van der Waals surface area contributed by atoms with Gasteiger partial charge >= 0.3 is 6.01 Å². The second-order valence-electron chi connectivity index (χ2n) is 10.7. The van der Waals surface area contributed by atoms with Gasteiger partial charge in [-0.2, -0.15) is 15.1 Å². The van der Waals surface area contributed by atoms with Crippen LogP contribution in [0.3, 0.4) is 0 Å². The number of carbonyl (C=O) groups is 1. The number of amides is 1. The van der Waals surface area contributed by atoms with E-state index in [-0.39, 0.29) is 34.7 Å². The number of halogens is 3. The number of hydrogen-bond donors (Lipinski definition) is 0. The average molecular weight is 559 g/mol. The molecule has 2 fully saturated rings. The average Bonchev–Trinajstić information content (AvgIpc) is 3.57. The quantitative estimate of drug-likeness (QED) is 0.439. The van der Waals surface area contributed by atoms with E-state index < -0.39 is 5.82 Å². The lowest BCUT2D eigenvalue weighted by molar-refractivity contribution is 0.0821. The predicted octanol–water partition coefficient (Wildman–Crippen LogP) is 3.60. The third-order valence-corrected chi connectivity index (χ3v) is 8.12. The first-order valence-corrected chi connectivity index (χ1v) is 13.4. The van der Waals surface area contributed by atoms with Gasteiger partial charge in [0.2, 0.25) is 0 Å². The van der Waals surface area contributed by atoms with Crippen molar-refractivity contribution >= 4 is 34.2 Å². The molecule has 6 heterocycles. The lowest BCUT2D eigenvalue weighted by atomic mass is 9.94. The Hall–Kier alpha value is -3.38. The molecule has 0 radical (unpaired) electrons. The van der Waals surface area contributed by atoms with Crippen molar-refractivity contribution in [2.45, 2.75) is 44.3 Å². The fourth-order valence-corrected chi connectivity index (χ4v) is 6.07. The highest BCUT2D eigenvalue weighted by Gasteiger charge is 2.47. The van der Waals surface area contributed by atoms with Gasteiger partial charge in [0.05, 0.1) is 29.5 Å². The minimum Gasteiger partial charge on any atom is -0.461 e. The first-order valence-electron chi connectivity index (χ1n) is 13.0. The largest absolute Gasteiger partial charge is 0.461 e. The first kappa shape index (κ1) is 25.9. The number of rotatable bonds is 5. The van der Waals surface area contributed by atoms with Crippen LogP contribution < -0.4 is 9.64 Å². The smallest absolute Gasteiger partial charge is 0.319 e. The van der Waals surface area contributed by atoms with Crippen LogP contribution in [0.4, 0.5) is 14.6 Å². The number of ether oxygens (including phenoxy) is 1. The van der Waals surface area contributed by atoms with Gasteiger partial charge in [0, 0.05) is 39.9 Å². The van der Waals surface area contributed by atoms with E-state index in [1.807, 2.05) is 9.58 Å². The van der Waals surface area contributed by atoms with Crippen molar-refractivity contribution in [1.29, 1.82) is 0 Å². The van der Waals surface area contributed by atoms with E-state index in [0.29, 0.717) is 55.8 Å². The van der Waals surface area contributed by atoms with Crippen LogP contribution in [-0.4, -0.2) is 86.3 Å². The minimum atomic E-state index is -0.745. The SMILES string of the molecule is CN(C)C(=O)c1cc2n(n1)CCCN(c1nc(OCC34CCCN3C/C(=C\F)C4)nc3c(F)c(Cl)ncc13)C2. The van der Waals surface area contributed by atoms with E-state index in [9.17, 15) is 9.18 Å². The van der Waals surface area contributed by atoms with Gasteiger partial charge in [-0.15, -0.1) is 0 Å². The van der Waals surface area contributed by atoms with Crippen molar-refractivity contribution in [1.82, 2.24) is 34.5 Å². The third kappa shape index (κ3) is 4.59. The highest BCUT2D eigenvalue weighted by atomic mass is 35.5. The van der Waals surface area contributed by atoms with Crippen LogP contribution in [0.15, 0.2) is 24.2 Å². The summed E-state index contributed by atoms with van der Waals surface area (Å²) in [4.78, 5) is 31.3.